The summed E-state index contributed by atoms with van der Waals surface area (Å²) in [5.41, 5.74) is 0. The van der Waals surface area contributed by atoms with Crippen LogP contribution in [-0.2, 0) is 4.79 Å². The molecule has 2 aliphatic carbocycles. The highest BCUT2D eigenvalue weighted by Crippen LogP contribution is 2.16. The van der Waals surface area contributed by atoms with Gasteiger partial charge in [0, 0.05) is 18.9 Å². The Kier molecular flexibility index (Phi) is 8.20. The first-order valence-electron chi connectivity index (χ1n) is 5.52. The largest absolute Gasteiger partial charge is 0.317 e. The predicted molar refractivity (Wildman–Crippen MR) is 62.0 cm³/mol. The minimum atomic E-state index is 0. The molecular weight excluding hydrogens is 198 g/mol. The molecular formula is C11H22ClNO. The Morgan fingerprint density at radius 3 is 1.79 bits per heavy atom. The second kappa shape index (κ2) is 8.25. The van der Waals surface area contributed by atoms with Crippen LogP contribution in [0.15, 0.2) is 0 Å². The Hall–Kier alpha value is -0.0800. The first kappa shape index (κ1) is 13.9. The second-order valence-electron chi connectivity index (χ2n) is 4.02. The molecule has 0 aromatic rings. The molecule has 2 fully saturated rings. The Labute approximate surface area is 93.2 Å². The Morgan fingerprint density at radius 2 is 1.57 bits per heavy atom. The van der Waals surface area contributed by atoms with Gasteiger partial charge in [-0.25, -0.2) is 0 Å². The third kappa shape index (κ3) is 5.61. The zero-order chi connectivity index (χ0) is 9.52. The van der Waals surface area contributed by atoms with E-state index in [1.54, 1.807) is 0 Å². The Balaban J connectivity index is 0.000000227. The molecule has 0 saturated heterocycles. The van der Waals surface area contributed by atoms with E-state index in [0.717, 1.165) is 31.7 Å². The van der Waals surface area contributed by atoms with Crippen LogP contribution in [0.5, 0.6) is 0 Å². The first-order valence-corrected chi connectivity index (χ1v) is 5.52. The monoisotopic (exact) mass is 219 g/mol. The lowest BCUT2D eigenvalue weighted by atomic mass is 10.3. The molecule has 0 aromatic carbocycles. The molecule has 1 N–H and O–H groups in total. The molecule has 2 nitrogen and oxygen atoms in total. The molecule has 2 rings (SSSR count). The van der Waals surface area contributed by atoms with Crippen molar-refractivity contribution in [1.29, 1.82) is 0 Å². The number of Topliss-reactive ketones (excluding diaryl/α,β-unsaturated/α-hetero) is 1. The first-order chi connectivity index (χ1) is 6.33. The van der Waals surface area contributed by atoms with Gasteiger partial charge < -0.3 is 5.32 Å². The van der Waals surface area contributed by atoms with Gasteiger partial charge in [-0.15, -0.1) is 12.4 Å². The third-order valence-corrected chi connectivity index (χ3v) is 2.92. The third-order valence-electron chi connectivity index (χ3n) is 2.92. The van der Waals surface area contributed by atoms with Crippen LogP contribution in [-0.4, -0.2) is 18.9 Å². The van der Waals surface area contributed by atoms with Gasteiger partial charge in [-0.2, -0.15) is 0 Å². The molecule has 0 amide bonds. The quantitative estimate of drug-likeness (QED) is 0.735. The highest BCUT2D eigenvalue weighted by atomic mass is 35.5. The van der Waals surface area contributed by atoms with E-state index in [4.69, 9.17) is 0 Å². The van der Waals surface area contributed by atoms with Crippen LogP contribution in [0, 0.1) is 0 Å². The van der Waals surface area contributed by atoms with E-state index in [9.17, 15) is 4.79 Å². The van der Waals surface area contributed by atoms with Gasteiger partial charge in [-0.1, -0.05) is 12.8 Å². The molecule has 0 bridgehead atoms. The van der Waals surface area contributed by atoms with Crippen LogP contribution in [0.3, 0.4) is 0 Å². The van der Waals surface area contributed by atoms with Crippen LogP contribution in [0.2, 0.25) is 0 Å². The van der Waals surface area contributed by atoms with E-state index >= 15 is 0 Å². The van der Waals surface area contributed by atoms with Crippen molar-refractivity contribution in [1.82, 2.24) is 5.32 Å². The zero-order valence-electron chi connectivity index (χ0n) is 9.05. The number of halogens is 1. The van der Waals surface area contributed by atoms with Crippen LogP contribution in [0.1, 0.15) is 51.4 Å². The predicted octanol–water partition coefficient (Wildman–Crippen LogP) is 2.70. The molecule has 0 radical (unpaired) electrons. The van der Waals surface area contributed by atoms with Crippen molar-refractivity contribution in [3.63, 3.8) is 0 Å². The van der Waals surface area contributed by atoms with Gasteiger partial charge in [0.05, 0.1) is 0 Å². The fourth-order valence-corrected chi connectivity index (χ4v) is 1.98. The second-order valence-corrected chi connectivity index (χ2v) is 4.02. The van der Waals surface area contributed by atoms with E-state index in [-0.39, 0.29) is 12.4 Å². The van der Waals surface area contributed by atoms with Crippen LogP contribution >= 0.6 is 12.4 Å². The van der Waals surface area contributed by atoms with Crippen LogP contribution in [0.25, 0.3) is 0 Å². The van der Waals surface area contributed by atoms with Crippen molar-refractivity contribution < 1.29 is 4.79 Å². The standard InChI is InChI=1S/C6H13N.C5H8O.ClH/c1-7-6-4-2-3-5-6;6-5-3-1-2-4-5;/h6-7H,2-5H2,1H3;1-4H2;1H. The number of hydrogen-bond acceptors (Lipinski definition) is 2. The van der Waals surface area contributed by atoms with E-state index < -0.39 is 0 Å². The average Bonchev–Trinajstić information content (AvgIpc) is 2.76. The molecule has 0 aromatic heterocycles. The summed E-state index contributed by atoms with van der Waals surface area (Å²) in [6.07, 6.45) is 9.64. The lowest BCUT2D eigenvalue weighted by Crippen LogP contribution is -2.20. The number of rotatable bonds is 1. The van der Waals surface area contributed by atoms with Gasteiger partial charge in [0.2, 0.25) is 0 Å². The number of carbonyl (C=O) groups is 1. The van der Waals surface area contributed by atoms with Crippen molar-refractivity contribution in [3.8, 4) is 0 Å². The summed E-state index contributed by atoms with van der Waals surface area (Å²) < 4.78 is 0. The van der Waals surface area contributed by atoms with Crippen molar-refractivity contribution >= 4 is 18.2 Å². The molecule has 0 atom stereocenters. The summed E-state index contributed by atoms with van der Waals surface area (Å²) in [6.45, 7) is 0. The maximum absolute atomic E-state index is 10.2. The number of ketones is 1. The highest BCUT2D eigenvalue weighted by molar-refractivity contribution is 5.85. The normalized spacial score (nSPS) is 21.4. The van der Waals surface area contributed by atoms with Crippen molar-refractivity contribution in [3.05, 3.63) is 0 Å². The number of carbonyl (C=O) groups excluding carboxylic acids is 1. The van der Waals surface area contributed by atoms with Crippen molar-refractivity contribution in [2.24, 2.45) is 0 Å². The summed E-state index contributed by atoms with van der Waals surface area (Å²) in [4.78, 5) is 10.2. The Morgan fingerprint density at radius 1 is 1.07 bits per heavy atom. The highest BCUT2D eigenvalue weighted by Gasteiger charge is 2.10. The molecule has 0 heterocycles. The molecule has 0 aliphatic heterocycles. The lowest BCUT2D eigenvalue weighted by Gasteiger charge is -2.03. The summed E-state index contributed by atoms with van der Waals surface area (Å²) in [6, 6.07) is 0.847. The summed E-state index contributed by atoms with van der Waals surface area (Å²) in [5.74, 6) is 0.454. The fourth-order valence-electron chi connectivity index (χ4n) is 1.98. The Bertz CT molecular complexity index is 147. The van der Waals surface area contributed by atoms with Gasteiger partial charge in [-0.05, 0) is 32.7 Å². The molecule has 2 saturated carbocycles. The lowest BCUT2D eigenvalue weighted by molar-refractivity contribution is -0.117. The number of hydrogen-bond donors (Lipinski definition) is 1. The average molecular weight is 220 g/mol. The maximum Gasteiger partial charge on any atom is 0.132 e. The molecule has 0 spiro atoms. The summed E-state index contributed by atoms with van der Waals surface area (Å²) >= 11 is 0. The van der Waals surface area contributed by atoms with Gasteiger partial charge in [-0.3, -0.25) is 4.79 Å². The van der Waals surface area contributed by atoms with Gasteiger partial charge in [0.1, 0.15) is 5.78 Å². The summed E-state index contributed by atoms with van der Waals surface area (Å²) in [5, 5.41) is 3.26. The summed E-state index contributed by atoms with van der Waals surface area (Å²) in [7, 11) is 2.05. The molecule has 84 valence electrons. The van der Waals surface area contributed by atoms with Gasteiger partial charge >= 0.3 is 0 Å². The van der Waals surface area contributed by atoms with Crippen molar-refractivity contribution in [2.45, 2.75) is 57.4 Å². The number of nitrogens with one attached hydrogen (secondary N) is 1. The van der Waals surface area contributed by atoms with E-state index in [2.05, 4.69) is 12.4 Å². The molecule has 3 heteroatoms. The topological polar surface area (TPSA) is 29.1 Å². The fraction of sp³-hybridized carbons (Fsp3) is 0.909. The maximum atomic E-state index is 10.2. The zero-order valence-corrected chi connectivity index (χ0v) is 9.87. The van der Waals surface area contributed by atoms with Crippen LogP contribution in [0.4, 0.5) is 0 Å². The van der Waals surface area contributed by atoms with Crippen molar-refractivity contribution in [2.75, 3.05) is 7.05 Å². The van der Waals surface area contributed by atoms with Crippen LogP contribution < -0.4 is 5.32 Å². The molecule has 0 unspecified atom stereocenters. The molecule has 14 heavy (non-hydrogen) atoms. The molecule has 2 aliphatic rings. The minimum Gasteiger partial charge on any atom is -0.317 e. The van der Waals surface area contributed by atoms with E-state index in [1.165, 1.54) is 25.7 Å². The van der Waals surface area contributed by atoms with E-state index in [1.807, 2.05) is 0 Å². The minimum absolute atomic E-state index is 0. The SMILES string of the molecule is CNC1CCCC1.Cl.O=C1CCCC1. The smallest absolute Gasteiger partial charge is 0.132 e. The van der Waals surface area contributed by atoms with Gasteiger partial charge in [0.15, 0.2) is 0 Å². The van der Waals surface area contributed by atoms with Gasteiger partial charge in [0.25, 0.3) is 0 Å². The van der Waals surface area contributed by atoms with E-state index in [0.29, 0.717) is 5.78 Å².